The third-order valence-corrected chi connectivity index (χ3v) is 3.84. The number of nitrogens with one attached hydrogen (secondary N) is 1. The largest absolute Gasteiger partial charge is 0.491 e. The van der Waals surface area contributed by atoms with E-state index in [4.69, 9.17) is 16.3 Å². The van der Waals surface area contributed by atoms with Gasteiger partial charge in [-0.2, -0.15) is 0 Å². The van der Waals surface area contributed by atoms with Gasteiger partial charge in [-0.1, -0.05) is 29.8 Å². The molecule has 0 aliphatic heterocycles. The van der Waals surface area contributed by atoms with Gasteiger partial charge in [0.05, 0.1) is 13.0 Å². The maximum atomic E-state index is 13.6. The highest BCUT2D eigenvalue weighted by atomic mass is 35.5. The standard InChI is InChI=1S/C18H19ClFNO2/c1-12-4-3-5-17(13(12)2)23-9-8-21-18(22)10-14-6-7-15(19)11-16(14)20/h3-7,11H,8-10H2,1-2H3,(H,21,22). The predicted octanol–water partition coefficient (Wildman–Crippen LogP) is 3.83. The van der Waals surface area contributed by atoms with Gasteiger partial charge in [0.1, 0.15) is 18.2 Å². The molecule has 0 saturated heterocycles. The molecule has 2 aromatic rings. The van der Waals surface area contributed by atoms with Crippen LogP contribution in [0.2, 0.25) is 5.02 Å². The molecule has 0 spiro atoms. The number of rotatable bonds is 6. The maximum absolute atomic E-state index is 13.6. The van der Waals surface area contributed by atoms with Crippen molar-refractivity contribution >= 4 is 17.5 Å². The van der Waals surface area contributed by atoms with Crippen LogP contribution in [0.25, 0.3) is 0 Å². The van der Waals surface area contributed by atoms with Crippen LogP contribution in [0.4, 0.5) is 4.39 Å². The van der Waals surface area contributed by atoms with Crippen molar-refractivity contribution in [2.45, 2.75) is 20.3 Å². The molecule has 0 atom stereocenters. The van der Waals surface area contributed by atoms with Gasteiger partial charge >= 0.3 is 0 Å². The number of carbonyl (C=O) groups is 1. The Labute approximate surface area is 140 Å². The van der Waals surface area contributed by atoms with Crippen molar-refractivity contribution in [2.24, 2.45) is 0 Å². The molecule has 0 aliphatic rings. The average molecular weight is 336 g/mol. The molecular weight excluding hydrogens is 317 g/mol. The summed E-state index contributed by atoms with van der Waals surface area (Å²) in [5.41, 5.74) is 2.56. The Balaban J connectivity index is 1.78. The van der Waals surface area contributed by atoms with Crippen LogP contribution in [-0.2, 0) is 11.2 Å². The molecule has 0 saturated carbocycles. The van der Waals surface area contributed by atoms with Gasteiger partial charge in [-0.05, 0) is 48.7 Å². The predicted molar refractivity (Wildman–Crippen MR) is 89.5 cm³/mol. The van der Waals surface area contributed by atoms with Crippen LogP contribution in [0.3, 0.4) is 0 Å². The number of hydrogen-bond acceptors (Lipinski definition) is 2. The fourth-order valence-corrected chi connectivity index (χ4v) is 2.29. The van der Waals surface area contributed by atoms with Gasteiger partial charge in [0.2, 0.25) is 5.91 Å². The minimum absolute atomic E-state index is 0.0214. The van der Waals surface area contributed by atoms with Crippen molar-refractivity contribution in [3.63, 3.8) is 0 Å². The van der Waals surface area contributed by atoms with E-state index in [0.29, 0.717) is 23.7 Å². The van der Waals surface area contributed by atoms with Crippen LogP contribution >= 0.6 is 11.6 Å². The molecule has 0 heterocycles. The molecule has 0 unspecified atom stereocenters. The first kappa shape index (κ1) is 17.3. The lowest BCUT2D eigenvalue weighted by molar-refractivity contribution is -0.120. The van der Waals surface area contributed by atoms with Crippen LogP contribution in [0, 0.1) is 19.7 Å². The normalized spacial score (nSPS) is 10.4. The smallest absolute Gasteiger partial charge is 0.224 e. The number of ether oxygens (including phenoxy) is 1. The lowest BCUT2D eigenvalue weighted by Crippen LogP contribution is -2.29. The van der Waals surface area contributed by atoms with Crippen molar-refractivity contribution in [1.82, 2.24) is 5.32 Å². The highest BCUT2D eigenvalue weighted by molar-refractivity contribution is 6.30. The lowest BCUT2D eigenvalue weighted by Gasteiger charge is -2.11. The van der Waals surface area contributed by atoms with Crippen LogP contribution in [0.5, 0.6) is 5.75 Å². The number of halogens is 2. The Bertz CT molecular complexity index is 703. The molecule has 0 aromatic heterocycles. The third kappa shape index (κ3) is 4.96. The van der Waals surface area contributed by atoms with E-state index in [1.165, 1.54) is 12.1 Å². The molecule has 0 aliphatic carbocycles. The first-order valence-corrected chi connectivity index (χ1v) is 7.75. The molecule has 1 amide bonds. The second-order valence-electron chi connectivity index (χ2n) is 5.31. The first-order valence-electron chi connectivity index (χ1n) is 7.37. The zero-order valence-corrected chi connectivity index (χ0v) is 13.9. The van der Waals surface area contributed by atoms with Gasteiger partial charge in [0, 0.05) is 5.02 Å². The molecule has 0 bridgehead atoms. The van der Waals surface area contributed by atoms with Crippen LogP contribution in [0.1, 0.15) is 16.7 Å². The Morgan fingerprint density at radius 1 is 1.26 bits per heavy atom. The van der Waals surface area contributed by atoms with Gasteiger partial charge in [0.25, 0.3) is 0 Å². The molecular formula is C18H19ClFNO2. The Kier molecular flexibility index (Phi) is 5.99. The highest BCUT2D eigenvalue weighted by Gasteiger charge is 2.08. The zero-order valence-electron chi connectivity index (χ0n) is 13.2. The number of benzene rings is 2. The Morgan fingerprint density at radius 2 is 2.04 bits per heavy atom. The van der Waals surface area contributed by atoms with Crippen molar-refractivity contribution < 1.29 is 13.9 Å². The van der Waals surface area contributed by atoms with E-state index in [-0.39, 0.29) is 12.3 Å². The van der Waals surface area contributed by atoms with E-state index in [2.05, 4.69) is 5.32 Å². The van der Waals surface area contributed by atoms with E-state index >= 15 is 0 Å². The summed E-state index contributed by atoms with van der Waals surface area (Å²) in [7, 11) is 0. The lowest BCUT2D eigenvalue weighted by atomic mass is 10.1. The highest BCUT2D eigenvalue weighted by Crippen LogP contribution is 2.20. The summed E-state index contributed by atoms with van der Waals surface area (Å²) < 4.78 is 19.3. The summed E-state index contributed by atoms with van der Waals surface area (Å²) in [6.45, 7) is 4.73. The van der Waals surface area contributed by atoms with Crippen LogP contribution in [-0.4, -0.2) is 19.1 Å². The van der Waals surface area contributed by atoms with Crippen LogP contribution in [0.15, 0.2) is 36.4 Å². The summed E-state index contributed by atoms with van der Waals surface area (Å²) in [5, 5.41) is 3.03. The average Bonchev–Trinajstić information content (AvgIpc) is 2.50. The van der Waals surface area contributed by atoms with E-state index in [1.54, 1.807) is 6.07 Å². The molecule has 2 aromatic carbocycles. The van der Waals surface area contributed by atoms with Gasteiger partial charge < -0.3 is 10.1 Å². The monoisotopic (exact) mass is 335 g/mol. The molecule has 5 heteroatoms. The van der Waals surface area contributed by atoms with E-state index in [0.717, 1.165) is 16.9 Å². The third-order valence-electron chi connectivity index (χ3n) is 3.60. The Morgan fingerprint density at radius 3 is 2.78 bits per heavy atom. The molecule has 1 N–H and O–H groups in total. The molecule has 0 radical (unpaired) electrons. The molecule has 3 nitrogen and oxygen atoms in total. The van der Waals surface area contributed by atoms with Crippen molar-refractivity contribution in [1.29, 1.82) is 0 Å². The number of amides is 1. The SMILES string of the molecule is Cc1cccc(OCCNC(=O)Cc2ccc(Cl)cc2F)c1C. The van der Waals surface area contributed by atoms with Crippen LogP contribution < -0.4 is 10.1 Å². The molecule has 2 rings (SSSR count). The van der Waals surface area contributed by atoms with Gasteiger partial charge in [-0.15, -0.1) is 0 Å². The van der Waals surface area contributed by atoms with E-state index < -0.39 is 5.82 Å². The quantitative estimate of drug-likeness (QED) is 0.815. The maximum Gasteiger partial charge on any atom is 0.224 e. The van der Waals surface area contributed by atoms with E-state index in [9.17, 15) is 9.18 Å². The van der Waals surface area contributed by atoms with Crippen molar-refractivity contribution in [3.05, 3.63) is 63.9 Å². The van der Waals surface area contributed by atoms with Gasteiger partial charge in [0.15, 0.2) is 0 Å². The van der Waals surface area contributed by atoms with Gasteiger partial charge in [-0.25, -0.2) is 4.39 Å². The Hall–Kier alpha value is -2.07. The molecule has 23 heavy (non-hydrogen) atoms. The second kappa shape index (κ2) is 7.97. The van der Waals surface area contributed by atoms with Gasteiger partial charge in [-0.3, -0.25) is 4.79 Å². The fourth-order valence-electron chi connectivity index (χ4n) is 2.13. The summed E-state index contributed by atoms with van der Waals surface area (Å²) >= 11 is 5.68. The minimum atomic E-state index is -0.473. The summed E-state index contributed by atoms with van der Waals surface area (Å²) in [6.07, 6.45) is -0.0214. The minimum Gasteiger partial charge on any atom is -0.491 e. The van der Waals surface area contributed by atoms with E-state index in [1.807, 2.05) is 32.0 Å². The number of aryl methyl sites for hydroxylation is 1. The first-order chi connectivity index (χ1) is 11.0. The molecule has 0 fully saturated rings. The summed E-state index contributed by atoms with van der Waals surface area (Å²) in [4.78, 5) is 11.8. The van der Waals surface area contributed by atoms with Crippen molar-refractivity contribution in [3.8, 4) is 5.75 Å². The zero-order chi connectivity index (χ0) is 16.8. The molecule has 122 valence electrons. The summed E-state index contributed by atoms with van der Waals surface area (Å²) in [5.74, 6) is 0.0815. The van der Waals surface area contributed by atoms with Crippen molar-refractivity contribution in [2.75, 3.05) is 13.2 Å². The second-order valence-corrected chi connectivity index (χ2v) is 5.75. The number of hydrogen-bond donors (Lipinski definition) is 1. The topological polar surface area (TPSA) is 38.3 Å². The fraction of sp³-hybridized carbons (Fsp3) is 0.278. The summed E-state index contributed by atoms with van der Waals surface area (Å²) in [6, 6.07) is 10.1. The number of carbonyl (C=O) groups excluding carboxylic acids is 1.